The van der Waals surface area contributed by atoms with E-state index in [1.54, 1.807) is 27.3 Å². The Bertz CT molecular complexity index is 606. The lowest BCUT2D eigenvalue weighted by atomic mass is 9.90. The highest BCUT2D eigenvalue weighted by atomic mass is 16.5. The van der Waals surface area contributed by atoms with E-state index in [0.29, 0.717) is 17.9 Å². The number of pyridine rings is 1. The molecule has 1 N–H and O–H groups in total. The van der Waals surface area contributed by atoms with Crippen LogP contribution in [0.1, 0.15) is 23.7 Å². The number of ether oxygens (including phenoxy) is 2. The Morgan fingerprint density at radius 1 is 1.10 bits per heavy atom. The lowest BCUT2D eigenvalue weighted by Gasteiger charge is -2.24. The Balaban J connectivity index is 2.25. The summed E-state index contributed by atoms with van der Waals surface area (Å²) in [5, 5.41) is 10.7. The van der Waals surface area contributed by atoms with Gasteiger partial charge in [0.05, 0.1) is 19.8 Å². The van der Waals surface area contributed by atoms with Gasteiger partial charge in [-0.3, -0.25) is 4.98 Å². The van der Waals surface area contributed by atoms with Gasteiger partial charge >= 0.3 is 0 Å². The molecule has 0 aliphatic rings. The van der Waals surface area contributed by atoms with Gasteiger partial charge in [0, 0.05) is 23.9 Å². The maximum absolute atomic E-state index is 10.7. The molecular formula is C17H21NO3. The first-order chi connectivity index (χ1) is 9.96. The number of methoxy groups -OCH3 is 2. The van der Waals surface area contributed by atoms with Crippen LogP contribution in [0.15, 0.2) is 36.5 Å². The zero-order valence-electron chi connectivity index (χ0n) is 12.9. The van der Waals surface area contributed by atoms with Crippen LogP contribution in [0.5, 0.6) is 11.5 Å². The lowest BCUT2D eigenvalue weighted by molar-refractivity contribution is 0.0572. The van der Waals surface area contributed by atoms with E-state index in [0.717, 1.165) is 16.8 Å². The topological polar surface area (TPSA) is 51.6 Å². The minimum atomic E-state index is -0.986. The van der Waals surface area contributed by atoms with Gasteiger partial charge in [0.25, 0.3) is 0 Å². The van der Waals surface area contributed by atoms with Gasteiger partial charge in [0.15, 0.2) is 11.5 Å². The van der Waals surface area contributed by atoms with Crippen molar-refractivity contribution in [3.63, 3.8) is 0 Å². The molecule has 0 saturated carbocycles. The smallest absolute Gasteiger partial charge is 0.160 e. The van der Waals surface area contributed by atoms with Crippen molar-refractivity contribution in [2.24, 2.45) is 0 Å². The molecule has 1 unspecified atom stereocenters. The number of aliphatic hydroxyl groups is 1. The Labute approximate surface area is 125 Å². The third kappa shape index (κ3) is 3.52. The second kappa shape index (κ2) is 6.14. The zero-order chi connectivity index (χ0) is 15.5. The van der Waals surface area contributed by atoms with Crippen LogP contribution in [0.25, 0.3) is 0 Å². The Morgan fingerprint density at radius 2 is 1.81 bits per heavy atom. The van der Waals surface area contributed by atoms with Crippen molar-refractivity contribution in [2.45, 2.75) is 25.9 Å². The van der Waals surface area contributed by atoms with Crippen LogP contribution in [0, 0.1) is 6.92 Å². The first-order valence-electron chi connectivity index (χ1n) is 6.82. The fraction of sp³-hybridized carbons (Fsp3) is 0.353. The van der Waals surface area contributed by atoms with Crippen molar-refractivity contribution in [1.82, 2.24) is 4.98 Å². The van der Waals surface area contributed by atoms with Crippen molar-refractivity contribution in [1.29, 1.82) is 0 Å². The molecule has 0 bridgehead atoms. The van der Waals surface area contributed by atoms with E-state index in [2.05, 4.69) is 4.98 Å². The summed E-state index contributed by atoms with van der Waals surface area (Å²) < 4.78 is 10.5. The summed E-state index contributed by atoms with van der Waals surface area (Å²) in [6, 6.07) is 9.46. The molecule has 1 heterocycles. The number of hydrogen-bond acceptors (Lipinski definition) is 4. The van der Waals surface area contributed by atoms with Crippen molar-refractivity contribution in [2.75, 3.05) is 14.2 Å². The highest BCUT2D eigenvalue weighted by molar-refractivity contribution is 5.43. The molecule has 1 aromatic carbocycles. The van der Waals surface area contributed by atoms with Gasteiger partial charge in [-0.2, -0.15) is 0 Å². The van der Waals surface area contributed by atoms with E-state index in [1.807, 2.05) is 37.3 Å². The van der Waals surface area contributed by atoms with Crippen LogP contribution < -0.4 is 9.47 Å². The molecule has 0 radical (unpaired) electrons. The first kappa shape index (κ1) is 15.3. The number of aromatic nitrogens is 1. The van der Waals surface area contributed by atoms with Gasteiger partial charge in [0.1, 0.15) is 0 Å². The summed E-state index contributed by atoms with van der Waals surface area (Å²) in [7, 11) is 3.20. The maximum atomic E-state index is 10.7. The highest BCUT2D eigenvalue weighted by Gasteiger charge is 2.24. The standard InChI is InChI=1S/C17H21NO3/c1-12-5-7-14(11-18-12)17(2,19)10-13-6-8-15(20-3)16(9-13)21-4/h5-9,11,19H,10H2,1-4H3. The molecule has 2 aromatic rings. The molecule has 0 aliphatic carbocycles. The third-order valence-corrected chi connectivity index (χ3v) is 3.53. The Hall–Kier alpha value is -2.07. The molecule has 21 heavy (non-hydrogen) atoms. The molecule has 0 saturated heterocycles. The largest absolute Gasteiger partial charge is 0.493 e. The highest BCUT2D eigenvalue weighted by Crippen LogP contribution is 2.31. The average Bonchev–Trinajstić information content (AvgIpc) is 2.47. The van der Waals surface area contributed by atoms with Crippen LogP contribution in [0.4, 0.5) is 0 Å². The van der Waals surface area contributed by atoms with E-state index in [9.17, 15) is 5.11 Å². The van der Waals surface area contributed by atoms with E-state index in [1.165, 1.54) is 0 Å². The van der Waals surface area contributed by atoms with Gasteiger partial charge in [-0.25, -0.2) is 0 Å². The maximum Gasteiger partial charge on any atom is 0.160 e. The van der Waals surface area contributed by atoms with Gasteiger partial charge in [-0.05, 0) is 37.6 Å². The quantitative estimate of drug-likeness (QED) is 0.918. The van der Waals surface area contributed by atoms with E-state index in [4.69, 9.17) is 9.47 Å². The zero-order valence-corrected chi connectivity index (χ0v) is 12.9. The van der Waals surface area contributed by atoms with Gasteiger partial charge < -0.3 is 14.6 Å². The SMILES string of the molecule is COc1ccc(CC(C)(O)c2ccc(C)nc2)cc1OC. The minimum absolute atomic E-state index is 0.470. The van der Waals surface area contributed by atoms with E-state index < -0.39 is 5.60 Å². The molecule has 0 amide bonds. The summed E-state index contributed by atoms with van der Waals surface area (Å²) in [6.07, 6.45) is 2.19. The van der Waals surface area contributed by atoms with Gasteiger partial charge in [-0.1, -0.05) is 12.1 Å². The summed E-state index contributed by atoms with van der Waals surface area (Å²) in [6.45, 7) is 3.71. The van der Waals surface area contributed by atoms with E-state index >= 15 is 0 Å². The number of rotatable bonds is 5. The normalized spacial score (nSPS) is 13.6. The fourth-order valence-corrected chi connectivity index (χ4v) is 2.28. The minimum Gasteiger partial charge on any atom is -0.493 e. The molecule has 0 fully saturated rings. The molecule has 2 rings (SSSR count). The molecule has 0 spiro atoms. The molecule has 1 aromatic heterocycles. The molecular weight excluding hydrogens is 266 g/mol. The average molecular weight is 287 g/mol. The second-order valence-electron chi connectivity index (χ2n) is 5.33. The molecule has 4 heteroatoms. The Morgan fingerprint density at radius 3 is 2.38 bits per heavy atom. The first-order valence-corrected chi connectivity index (χ1v) is 6.82. The van der Waals surface area contributed by atoms with Crippen molar-refractivity contribution in [3.8, 4) is 11.5 Å². The number of benzene rings is 1. The van der Waals surface area contributed by atoms with Crippen molar-refractivity contribution in [3.05, 3.63) is 53.3 Å². The third-order valence-electron chi connectivity index (χ3n) is 3.53. The molecule has 4 nitrogen and oxygen atoms in total. The van der Waals surface area contributed by atoms with Crippen LogP contribution in [-0.4, -0.2) is 24.3 Å². The van der Waals surface area contributed by atoms with Crippen LogP contribution in [0.3, 0.4) is 0 Å². The molecule has 112 valence electrons. The molecule has 1 atom stereocenters. The number of hydrogen-bond donors (Lipinski definition) is 1. The van der Waals surface area contributed by atoms with Crippen molar-refractivity contribution >= 4 is 0 Å². The number of aryl methyl sites for hydroxylation is 1. The second-order valence-corrected chi connectivity index (χ2v) is 5.33. The van der Waals surface area contributed by atoms with Crippen LogP contribution in [-0.2, 0) is 12.0 Å². The summed E-state index contributed by atoms with van der Waals surface area (Å²) >= 11 is 0. The van der Waals surface area contributed by atoms with Crippen LogP contribution in [0.2, 0.25) is 0 Å². The summed E-state index contributed by atoms with van der Waals surface area (Å²) in [5.74, 6) is 1.34. The van der Waals surface area contributed by atoms with Gasteiger partial charge in [-0.15, -0.1) is 0 Å². The lowest BCUT2D eigenvalue weighted by Crippen LogP contribution is -2.24. The molecule has 0 aliphatic heterocycles. The monoisotopic (exact) mass is 287 g/mol. The predicted octanol–water partition coefficient (Wildman–Crippen LogP) is 2.86. The Kier molecular flexibility index (Phi) is 4.48. The van der Waals surface area contributed by atoms with Gasteiger partial charge in [0.2, 0.25) is 0 Å². The fourth-order valence-electron chi connectivity index (χ4n) is 2.28. The summed E-state index contributed by atoms with van der Waals surface area (Å²) in [5.41, 5.74) is 1.71. The summed E-state index contributed by atoms with van der Waals surface area (Å²) in [4.78, 5) is 4.24. The van der Waals surface area contributed by atoms with Crippen molar-refractivity contribution < 1.29 is 14.6 Å². The number of nitrogens with zero attached hydrogens (tertiary/aromatic N) is 1. The van der Waals surface area contributed by atoms with E-state index in [-0.39, 0.29) is 0 Å². The van der Waals surface area contributed by atoms with Crippen LogP contribution >= 0.6 is 0 Å². The predicted molar refractivity (Wildman–Crippen MR) is 81.8 cm³/mol.